The number of rotatable bonds is 6. The second-order valence-electron chi connectivity index (χ2n) is 5.46. The van der Waals surface area contributed by atoms with E-state index in [-0.39, 0.29) is 27.7 Å². The molecular formula is C16H18N2O5S2. The van der Waals surface area contributed by atoms with Gasteiger partial charge in [-0.1, -0.05) is 24.3 Å². The lowest BCUT2D eigenvalue weighted by molar-refractivity contribution is -0.115. The number of nitrogens with two attached hydrogens (primary N) is 1. The number of carbonyl (C=O) groups excluding carboxylic acids is 1. The van der Waals surface area contributed by atoms with Gasteiger partial charge in [-0.15, -0.1) is 0 Å². The van der Waals surface area contributed by atoms with Gasteiger partial charge in [0.15, 0.2) is 9.84 Å². The van der Waals surface area contributed by atoms with E-state index in [0.717, 1.165) is 0 Å². The molecule has 0 aromatic heterocycles. The van der Waals surface area contributed by atoms with Crippen molar-refractivity contribution in [1.82, 2.24) is 0 Å². The molecule has 0 unspecified atom stereocenters. The number of sulfone groups is 1. The highest BCUT2D eigenvalue weighted by Crippen LogP contribution is 2.19. The second kappa shape index (κ2) is 7.34. The minimum atomic E-state index is -3.91. The summed E-state index contributed by atoms with van der Waals surface area (Å²) in [5.74, 6) is -0.889. The van der Waals surface area contributed by atoms with Crippen LogP contribution in [-0.2, 0) is 24.7 Å². The van der Waals surface area contributed by atoms with Crippen molar-refractivity contribution in [2.75, 3.05) is 11.1 Å². The van der Waals surface area contributed by atoms with Crippen molar-refractivity contribution in [3.63, 3.8) is 0 Å². The summed E-state index contributed by atoms with van der Waals surface area (Å²) in [4.78, 5) is 12.0. The van der Waals surface area contributed by atoms with Gasteiger partial charge in [-0.3, -0.25) is 4.79 Å². The van der Waals surface area contributed by atoms with E-state index in [1.165, 1.54) is 30.3 Å². The van der Waals surface area contributed by atoms with Crippen molar-refractivity contribution in [1.29, 1.82) is 0 Å². The molecule has 3 N–H and O–H groups in total. The third kappa shape index (κ3) is 5.12. The van der Waals surface area contributed by atoms with Crippen LogP contribution in [0.15, 0.2) is 58.3 Å². The summed E-state index contributed by atoms with van der Waals surface area (Å²) in [7, 11) is -7.47. The minimum absolute atomic E-state index is 0.0952. The first-order chi connectivity index (χ1) is 11.6. The van der Waals surface area contributed by atoms with Gasteiger partial charge in [-0.05, 0) is 36.8 Å². The molecule has 2 aromatic rings. The van der Waals surface area contributed by atoms with Crippen LogP contribution in [0.5, 0.6) is 0 Å². The summed E-state index contributed by atoms with van der Waals surface area (Å²) in [6.45, 7) is 1.58. The lowest BCUT2D eigenvalue weighted by Crippen LogP contribution is -2.18. The Bertz CT molecular complexity index is 984. The zero-order valence-electron chi connectivity index (χ0n) is 13.5. The van der Waals surface area contributed by atoms with Gasteiger partial charge in [0.1, 0.15) is 0 Å². The number of aryl methyl sites for hydroxylation is 1. The second-order valence-corrected chi connectivity index (χ2v) is 9.09. The SMILES string of the molecule is Cc1ccc(NC(=O)CCS(=O)(=O)c2ccccc2)cc1S(N)(=O)=O. The largest absolute Gasteiger partial charge is 0.326 e. The Labute approximate surface area is 146 Å². The Hall–Kier alpha value is -2.23. The van der Waals surface area contributed by atoms with Gasteiger partial charge in [0.05, 0.1) is 15.5 Å². The van der Waals surface area contributed by atoms with Gasteiger partial charge in [0.2, 0.25) is 15.9 Å². The Morgan fingerprint density at radius 2 is 1.68 bits per heavy atom. The number of hydrogen-bond donors (Lipinski definition) is 2. The number of nitrogens with one attached hydrogen (secondary N) is 1. The monoisotopic (exact) mass is 382 g/mol. The Balaban J connectivity index is 2.06. The lowest BCUT2D eigenvalue weighted by Gasteiger charge is -2.09. The molecule has 25 heavy (non-hydrogen) atoms. The van der Waals surface area contributed by atoms with Crippen LogP contribution in [0.4, 0.5) is 5.69 Å². The van der Waals surface area contributed by atoms with Crippen molar-refractivity contribution in [3.8, 4) is 0 Å². The van der Waals surface area contributed by atoms with E-state index in [0.29, 0.717) is 5.56 Å². The maximum absolute atomic E-state index is 12.1. The molecule has 0 aliphatic carbocycles. The molecular weight excluding hydrogens is 364 g/mol. The van der Waals surface area contributed by atoms with E-state index >= 15 is 0 Å². The van der Waals surface area contributed by atoms with E-state index in [2.05, 4.69) is 5.32 Å². The van der Waals surface area contributed by atoms with Gasteiger partial charge < -0.3 is 5.32 Å². The highest BCUT2D eigenvalue weighted by atomic mass is 32.2. The number of hydrogen-bond acceptors (Lipinski definition) is 5. The summed E-state index contributed by atoms with van der Waals surface area (Å²) in [6.07, 6.45) is -0.254. The maximum atomic E-state index is 12.1. The molecule has 134 valence electrons. The number of benzene rings is 2. The normalized spacial score (nSPS) is 11.9. The van der Waals surface area contributed by atoms with Crippen LogP contribution < -0.4 is 10.5 Å². The fraction of sp³-hybridized carbons (Fsp3) is 0.188. The van der Waals surface area contributed by atoms with Crippen molar-refractivity contribution in [3.05, 3.63) is 54.1 Å². The molecule has 0 atom stereocenters. The predicted molar refractivity (Wildman–Crippen MR) is 94.3 cm³/mol. The number of primary sulfonamides is 1. The Kier molecular flexibility index (Phi) is 5.61. The van der Waals surface area contributed by atoms with E-state index in [9.17, 15) is 21.6 Å². The molecule has 1 amide bonds. The maximum Gasteiger partial charge on any atom is 0.238 e. The summed E-state index contributed by atoms with van der Waals surface area (Å²) >= 11 is 0. The number of sulfonamides is 1. The van der Waals surface area contributed by atoms with Crippen molar-refractivity contribution in [2.24, 2.45) is 5.14 Å². The molecule has 0 aliphatic heterocycles. The van der Waals surface area contributed by atoms with Gasteiger partial charge in [-0.25, -0.2) is 22.0 Å². The summed E-state index contributed by atoms with van der Waals surface area (Å²) in [6, 6.07) is 12.1. The molecule has 0 bridgehead atoms. The van der Waals surface area contributed by atoms with E-state index < -0.39 is 25.8 Å². The zero-order chi connectivity index (χ0) is 18.7. The van der Waals surface area contributed by atoms with Crippen LogP contribution in [0.25, 0.3) is 0 Å². The molecule has 2 aromatic carbocycles. The molecule has 2 rings (SSSR count). The lowest BCUT2D eigenvalue weighted by atomic mass is 10.2. The van der Waals surface area contributed by atoms with Gasteiger partial charge in [0, 0.05) is 12.1 Å². The van der Waals surface area contributed by atoms with Gasteiger partial charge >= 0.3 is 0 Å². The fourth-order valence-electron chi connectivity index (χ4n) is 2.18. The molecule has 9 heteroatoms. The molecule has 0 heterocycles. The molecule has 7 nitrogen and oxygen atoms in total. The summed E-state index contributed by atoms with van der Waals surface area (Å²) in [5, 5.41) is 7.60. The van der Waals surface area contributed by atoms with Crippen LogP contribution in [0.2, 0.25) is 0 Å². The highest BCUT2D eigenvalue weighted by Gasteiger charge is 2.17. The summed E-state index contributed by atoms with van der Waals surface area (Å²) in [5.41, 5.74) is 0.684. The van der Waals surface area contributed by atoms with Crippen LogP contribution in [0.1, 0.15) is 12.0 Å². The third-order valence-electron chi connectivity index (χ3n) is 3.48. The third-order valence-corrected chi connectivity index (χ3v) is 6.26. The van der Waals surface area contributed by atoms with E-state index in [1.807, 2.05) is 0 Å². The van der Waals surface area contributed by atoms with Crippen molar-refractivity contribution >= 4 is 31.5 Å². The molecule has 0 saturated carbocycles. The Morgan fingerprint density at radius 3 is 2.28 bits per heavy atom. The smallest absolute Gasteiger partial charge is 0.238 e. The zero-order valence-corrected chi connectivity index (χ0v) is 15.1. The van der Waals surface area contributed by atoms with Crippen LogP contribution in [0, 0.1) is 6.92 Å². The molecule has 0 radical (unpaired) electrons. The van der Waals surface area contributed by atoms with Crippen molar-refractivity contribution in [2.45, 2.75) is 23.1 Å². The fourth-order valence-corrected chi connectivity index (χ4v) is 4.25. The van der Waals surface area contributed by atoms with Crippen molar-refractivity contribution < 1.29 is 21.6 Å². The van der Waals surface area contributed by atoms with E-state index in [1.54, 1.807) is 25.1 Å². The van der Waals surface area contributed by atoms with Crippen LogP contribution in [-0.4, -0.2) is 28.5 Å². The molecule has 0 saturated heterocycles. The highest BCUT2D eigenvalue weighted by molar-refractivity contribution is 7.91. The average molecular weight is 382 g/mol. The average Bonchev–Trinajstić information content (AvgIpc) is 2.55. The molecule has 0 fully saturated rings. The number of anilines is 1. The van der Waals surface area contributed by atoms with Gasteiger partial charge in [0.25, 0.3) is 0 Å². The molecule has 0 aliphatic rings. The first kappa shape index (κ1) is 19.1. The van der Waals surface area contributed by atoms with Crippen LogP contribution >= 0.6 is 0 Å². The van der Waals surface area contributed by atoms with E-state index in [4.69, 9.17) is 5.14 Å². The molecule has 0 spiro atoms. The Morgan fingerprint density at radius 1 is 1.04 bits per heavy atom. The number of carbonyl (C=O) groups is 1. The summed E-state index contributed by atoms with van der Waals surface area (Å²) < 4.78 is 47.3. The topological polar surface area (TPSA) is 123 Å². The quantitative estimate of drug-likeness (QED) is 0.782. The number of amides is 1. The van der Waals surface area contributed by atoms with Gasteiger partial charge in [-0.2, -0.15) is 0 Å². The first-order valence-electron chi connectivity index (χ1n) is 7.31. The first-order valence-corrected chi connectivity index (χ1v) is 10.5. The minimum Gasteiger partial charge on any atom is -0.326 e. The standard InChI is InChI=1S/C16H18N2O5S2/c1-12-7-8-13(11-15(12)25(17,22)23)18-16(19)9-10-24(20,21)14-5-3-2-4-6-14/h2-8,11H,9-10H2,1H3,(H,18,19)(H2,17,22,23). The van der Waals surface area contributed by atoms with Crippen LogP contribution in [0.3, 0.4) is 0 Å². The predicted octanol–water partition coefficient (Wildman–Crippen LogP) is 1.44.